The van der Waals surface area contributed by atoms with Crippen LogP contribution in [0.2, 0.25) is 0 Å². The molecule has 0 fully saturated rings. The van der Waals surface area contributed by atoms with Crippen molar-refractivity contribution in [2.45, 2.75) is 39.0 Å². The maximum atomic E-state index is 11.1. The van der Waals surface area contributed by atoms with E-state index in [9.17, 15) is 4.79 Å². The molecular weight excluding hydrogens is 200 g/mol. The molecule has 0 amide bonds. The zero-order valence-electron chi connectivity index (χ0n) is 8.98. The molecule has 1 aromatic rings. The first-order valence-corrected chi connectivity index (χ1v) is 5.10. The summed E-state index contributed by atoms with van der Waals surface area (Å²) in [5.74, 6) is 1.51. The van der Waals surface area contributed by atoms with Gasteiger partial charge in [0.1, 0.15) is 5.76 Å². The van der Waals surface area contributed by atoms with Crippen molar-refractivity contribution in [1.82, 2.24) is 0 Å². The Morgan fingerprint density at radius 1 is 1.50 bits per heavy atom. The maximum Gasteiger partial charge on any atom is 0.194 e. The third-order valence-electron chi connectivity index (χ3n) is 1.98. The Hall–Kier alpha value is -0.760. The van der Waals surface area contributed by atoms with Gasteiger partial charge in [-0.2, -0.15) is 0 Å². The molecule has 0 saturated carbocycles. The lowest BCUT2D eigenvalue weighted by Crippen LogP contribution is -2.11. The van der Waals surface area contributed by atoms with Gasteiger partial charge in [-0.15, -0.1) is 11.6 Å². The Balaban J connectivity index is 3.22. The zero-order valence-corrected chi connectivity index (χ0v) is 9.73. The summed E-state index contributed by atoms with van der Waals surface area (Å²) < 4.78 is 5.50. The van der Waals surface area contributed by atoms with Crippen LogP contribution in [-0.4, -0.2) is 5.78 Å². The third-order valence-corrected chi connectivity index (χ3v) is 2.27. The van der Waals surface area contributed by atoms with Crippen LogP contribution < -0.4 is 0 Å². The van der Waals surface area contributed by atoms with Crippen LogP contribution in [0.15, 0.2) is 10.5 Å². The fraction of sp³-hybridized carbons (Fsp3) is 0.545. The molecule has 14 heavy (non-hydrogen) atoms. The molecule has 0 bridgehead atoms. The Kier molecular flexibility index (Phi) is 3.05. The Morgan fingerprint density at radius 3 is 2.36 bits per heavy atom. The number of hydrogen-bond acceptors (Lipinski definition) is 2. The number of carbonyl (C=O) groups is 1. The summed E-state index contributed by atoms with van der Waals surface area (Å²) >= 11 is 5.78. The fourth-order valence-electron chi connectivity index (χ4n) is 1.34. The molecule has 0 aromatic carbocycles. The SMILES string of the molecule is CC(=O)c1cc(CCl)c(C(C)(C)C)o1. The Morgan fingerprint density at radius 2 is 2.07 bits per heavy atom. The lowest BCUT2D eigenvalue weighted by molar-refractivity contribution is 0.0984. The number of rotatable bonds is 2. The maximum absolute atomic E-state index is 11.1. The van der Waals surface area contributed by atoms with Gasteiger partial charge >= 0.3 is 0 Å². The highest BCUT2D eigenvalue weighted by atomic mass is 35.5. The average molecular weight is 215 g/mol. The van der Waals surface area contributed by atoms with Crippen LogP contribution in [0, 0.1) is 0 Å². The van der Waals surface area contributed by atoms with Crippen molar-refractivity contribution in [2.24, 2.45) is 0 Å². The first-order valence-electron chi connectivity index (χ1n) is 4.56. The molecule has 1 aromatic heterocycles. The van der Waals surface area contributed by atoms with Gasteiger partial charge in [-0.3, -0.25) is 4.79 Å². The van der Waals surface area contributed by atoms with E-state index in [0.29, 0.717) is 11.6 Å². The van der Waals surface area contributed by atoms with Gasteiger partial charge in [0, 0.05) is 17.9 Å². The number of alkyl halides is 1. The lowest BCUT2D eigenvalue weighted by Gasteiger charge is -2.16. The van der Waals surface area contributed by atoms with Gasteiger partial charge in [0.25, 0.3) is 0 Å². The summed E-state index contributed by atoms with van der Waals surface area (Å²) in [6, 6.07) is 1.73. The van der Waals surface area contributed by atoms with E-state index >= 15 is 0 Å². The molecular formula is C11H15ClO2. The second-order valence-corrected chi connectivity index (χ2v) is 4.67. The van der Waals surface area contributed by atoms with Crippen molar-refractivity contribution in [1.29, 1.82) is 0 Å². The minimum absolute atomic E-state index is 0.0631. The molecule has 3 heteroatoms. The van der Waals surface area contributed by atoms with E-state index in [2.05, 4.69) is 0 Å². The Bertz CT molecular complexity index is 345. The lowest BCUT2D eigenvalue weighted by atomic mass is 9.91. The molecule has 0 atom stereocenters. The van der Waals surface area contributed by atoms with Crippen molar-refractivity contribution in [3.63, 3.8) is 0 Å². The van der Waals surface area contributed by atoms with Gasteiger partial charge in [0.15, 0.2) is 11.5 Å². The number of ketones is 1. The number of carbonyl (C=O) groups excluding carboxylic acids is 1. The van der Waals surface area contributed by atoms with Gasteiger partial charge in [0.05, 0.1) is 5.88 Å². The van der Waals surface area contributed by atoms with Crippen LogP contribution in [0.1, 0.15) is 49.6 Å². The fourth-order valence-corrected chi connectivity index (χ4v) is 1.53. The van der Waals surface area contributed by atoms with Crippen LogP contribution in [0.4, 0.5) is 0 Å². The summed E-state index contributed by atoms with van der Waals surface area (Å²) in [5, 5.41) is 0. The van der Waals surface area contributed by atoms with Gasteiger partial charge in [-0.25, -0.2) is 0 Å². The predicted molar refractivity (Wildman–Crippen MR) is 57.0 cm³/mol. The molecule has 0 spiro atoms. The number of furan rings is 1. The first kappa shape index (κ1) is 11.3. The van der Waals surface area contributed by atoms with Crippen molar-refractivity contribution in [3.05, 3.63) is 23.2 Å². The summed E-state index contributed by atoms with van der Waals surface area (Å²) in [6.07, 6.45) is 0. The van der Waals surface area contributed by atoms with Crippen LogP contribution in [0.25, 0.3) is 0 Å². The normalized spacial score (nSPS) is 11.8. The largest absolute Gasteiger partial charge is 0.457 e. The van der Waals surface area contributed by atoms with E-state index in [-0.39, 0.29) is 11.2 Å². The monoisotopic (exact) mass is 214 g/mol. The number of halogens is 1. The zero-order chi connectivity index (χ0) is 10.9. The summed E-state index contributed by atoms with van der Waals surface area (Å²) in [5.41, 5.74) is 0.794. The second kappa shape index (κ2) is 3.77. The smallest absolute Gasteiger partial charge is 0.194 e. The molecule has 2 nitrogen and oxygen atoms in total. The van der Waals surface area contributed by atoms with Crippen LogP contribution in [0.5, 0.6) is 0 Å². The Labute approximate surface area is 89.2 Å². The molecule has 0 saturated heterocycles. The minimum atomic E-state index is -0.113. The molecule has 0 radical (unpaired) electrons. The average Bonchev–Trinajstić information content (AvgIpc) is 2.46. The second-order valence-electron chi connectivity index (χ2n) is 4.40. The molecule has 1 rings (SSSR count). The minimum Gasteiger partial charge on any atom is -0.457 e. The summed E-state index contributed by atoms with van der Waals surface area (Å²) in [4.78, 5) is 11.1. The van der Waals surface area contributed by atoms with Crippen molar-refractivity contribution in [2.75, 3.05) is 0 Å². The van der Waals surface area contributed by atoms with Crippen LogP contribution >= 0.6 is 11.6 Å². The van der Waals surface area contributed by atoms with Gasteiger partial charge < -0.3 is 4.42 Å². The predicted octanol–water partition coefficient (Wildman–Crippen LogP) is 3.52. The van der Waals surface area contributed by atoms with E-state index in [4.69, 9.17) is 16.0 Å². The number of hydrogen-bond donors (Lipinski definition) is 0. The molecule has 78 valence electrons. The highest BCUT2D eigenvalue weighted by molar-refractivity contribution is 6.17. The van der Waals surface area contributed by atoms with Gasteiger partial charge in [-0.1, -0.05) is 20.8 Å². The molecule has 0 unspecified atom stereocenters. The van der Waals surface area contributed by atoms with Crippen molar-refractivity contribution in [3.8, 4) is 0 Å². The highest BCUT2D eigenvalue weighted by Crippen LogP contribution is 2.30. The van der Waals surface area contributed by atoms with E-state index < -0.39 is 0 Å². The highest BCUT2D eigenvalue weighted by Gasteiger charge is 2.24. The standard InChI is InChI=1S/C11H15ClO2/c1-7(13)9-5-8(6-12)10(14-9)11(2,3)4/h5H,6H2,1-4H3. The van der Waals surface area contributed by atoms with Gasteiger partial charge in [0.2, 0.25) is 0 Å². The van der Waals surface area contributed by atoms with Crippen LogP contribution in [-0.2, 0) is 11.3 Å². The molecule has 0 aliphatic carbocycles. The first-order chi connectivity index (χ1) is 6.36. The molecule has 0 N–H and O–H groups in total. The van der Waals surface area contributed by atoms with Crippen molar-refractivity contribution < 1.29 is 9.21 Å². The summed E-state index contributed by atoms with van der Waals surface area (Å²) in [7, 11) is 0. The van der Waals surface area contributed by atoms with E-state index in [0.717, 1.165) is 11.3 Å². The van der Waals surface area contributed by atoms with E-state index in [1.807, 2.05) is 20.8 Å². The van der Waals surface area contributed by atoms with Gasteiger partial charge in [-0.05, 0) is 6.07 Å². The molecule has 0 aliphatic heterocycles. The quantitative estimate of drug-likeness (QED) is 0.557. The summed E-state index contributed by atoms with van der Waals surface area (Å²) in [6.45, 7) is 7.59. The topological polar surface area (TPSA) is 30.2 Å². The van der Waals surface area contributed by atoms with E-state index in [1.54, 1.807) is 6.07 Å². The molecule has 1 heterocycles. The van der Waals surface area contributed by atoms with Crippen LogP contribution in [0.3, 0.4) is 0 Å². The third kappa shape index (κ3) is 2.18. The van der Waals surface area contributed by atoms with E-state index in [1.165, 1.54) is 6.92 Å². The number of Topliss-reactive ketones (excluding diaryl/α,β-unsaturated/α-hetero) is 1. The van der Waals surface area contributed by atoms with Crippen molar-refractivity contribution >= 4 is 17.4 Å². The molecule has 0 aliphatic rings.